The summed E-state index contributed by atoms with van der Waals surface area (Å²) in [4.78, 5) is 17.3. The molecule has 0 saturated heterocycles. The Balaban J connectivity index is 1.66. The maximum absolute atomic E-state index is 12.6. The zero-order valence-corrected chi connectivity index (χ0v) is 18.4. The standard InChI is InChI=1S/C24H29N3OS/c1-17(2)15-27-19(4)18(3)25-24(27)29-16-23(28)26-22-13-9-8-12-21(22)14-20-10-6-5-7-11-20/h5-13,17H,14-16H2,1-4H3,(H,26,28). The summed E-state index contributed by atoms with van der Waals surface area (Å²) >= 11 is 1.50. The maximum Gasteiger partial charge on any atom is 0.234 e. The van der Waals surface area contributed by atoms with Crippen LogP contribution in [0.2, 0.25) is 0 Å². The van der Waals surface area contributed by atoms with E-state index >= 15 is 0 Å². The first kappa shape index (κ1) is 21.2. The Morgan fingerprint density at radius 3 is 2.48 bits per heavy atom. The zero-order valence-electron chi connectivity index (χ0n) is 17.6. The molecule has 3 aromatic rings. The molecule has 0 unspecified atom stereocenters. The highest BCUT2D eigenvalue weighted by Gasteiger charge is 2.15. The average Bonchev–Trinajstić information content (AvgIpc) is 2.96. The third kappa shape index (κ3) is 5.73. The molecule has 29 heavy (non-hydrogen) atoms. The van der Waals surface area contributed by atoms with Gasteiger partial charge in [-0.1, -0.05) is 74.1 Å². The normalized spacial score (nSPS) is 11.1. The first-order chi connectivity index (χ1) is 13.9. The molecule has 0 aliphatic heterocycles. The van der Waals surface area contributed by atoms with Gasteiger partial charge in [0.25, 0.3) is 0 Å². The van der Waals surface area contributed by atoms with Gasteiger partial charge in [-0.2, -0.15) is 0 Å². The van der Waals surface area contributed by atoms with Gasteiger partial charge in [0.2, 0.25) is 5.91 Å². The predicted octanol–water partition coefficient (Wildman–Crippen LogP) is 5.48. The van der Waals surface area contributed by atoms with Crippen LogP contribution in [0.1, 0.15) is 36.4 Å². The Morgan fingerprint density at radius 2 is 1.76 bits per heavy atom. The van der Waals surface area contributed by atoms with Crippen LogP contribution < -0.4 is 5.32 Å². The summed E-state index contributed by atoms with van der Waals surface area (Å²) in [6, 6.07) is 18.3. The van der Waals surface area contributed by atoms with Gasteiger partial charge in [0.15, 0.2) is 5.16 Å². The molecule has 1 aromatic heterocycles. The van der Waals surface area contributed by atoms with Crippen molar-refractivity contribution in [3.05, 3.63) is 77.1 Å². The molecule has 0 aliphatic rings. The predicted molar refractivity (Wildman–Crippen MR) is 122 cm³/mol. The number of nitrogens with one attached hydrogen (secondary N) is 1. The Labute approximate surface area is 177 Å². The SMILES string of the molecule is Cc1nc(SCC(=O)Nc2ccccc2Cc2ccccc2)n(CC(C)C)c1C. The van der Waals surface area contributed by atoms with Crippen molar-refractivity contribution in [3.63, 3.8) is 0 Å². The Hall–Kier alpha value is -2.53. The van der Waals surface area contributed by atoms with Crippen molar-refractivity contribution < 1.29 is 4.79 Å². The molecule has 1 N–H and O–H groups in total. The van der Waals surface area contributed by atoms with Crippen LogP contribution in [0.15, 0.2) is 59.8 Å². The lowest BCUT2D eigenvalue weighted by molar-refractivity contribution is -0.113. The number of amides is 1. The minimum Gasteiger partial charge on any atom is -0.325 e. The fraction of sp³-hybridized carbons (Fsp3) is 0.333. The van der Waals surface area contributed by atoms with Crippen molar-refractivity contribution >= 4 is 23.4 Å². The minimum atomic E-state index is -0.00934. The van der Waals surface area contributed by atoms with Crippen LogP contribution in [-0.4, -0.2) is 21.2 Å². The topological polar surface area (TPSA) is 46.9 Å². The van der Waals surface area contributed by atoms with Gasteiger partial charge in [-0.3, -0.25) is 4.79 Å². The van der Waals surface area contributed by atoms with Crippen molar-refractivity contribution in [2.24, 2.45) is 5.92 Å². The number of hydrogen-bond acceptors (Lipinski definition) is 3. The Bertz CT molecular complexity index is 964. The van der Waals surface area contributed by atoms with E-state index in [1.165, 1.54) is 23.0 Å². The van der Waals surface area contributed by atoms with Crippen LogP contribution in [0.3, 0.4) is 0 Å². The summed E-state index contributed by atoms with van der Waals surface area (Å²) in [7, 11) is 0. The van der Waals surface area contributed by atoms with E-state index in [1.807, 2.05) is 43.3 Å². The summed E-state index contributed by atoms with van der Waals surface area (Å²) in [6.07, 6.45) is 0.793. The van der Waals surface area contributed by atoms with Crippen LogP contribution in [0.5, 0.6) is 0 Å². The van der Waals surface area contributed by atoms with Crippen molar-refractivity contribution in [2.45, 2.75) is 45.8 Å². The van der Waals surface area contributed by atoms with E-state index in [2.05, 4.69) is 53.8 Å². The van der Waals surface area contributed by atoms with Gasteiger partial charge in [-0.15, -0.1) is 0 Å². The first-order valence-corrected chi connectivity index (χ1v) is 11.0. The van der Waals surface area contributed by atoms with Crippen LogP contribution in [0, 0.1) is 19.8 Å². The van der Waals surface area contributed by atoms with E-state index in [0.717, 1.165) is 35.1 Å². The van der Waals surface area contributed by atoms with Crippen molar-refractivity contribution in [1.29, 1.82) is 0 Å². The molecule has 1 amide bonds. The smallest absolute Gasteiger partial charge is 0.234 e. The molecule has 0 saturated carbocycles. The second-order valence-corrected chi connectivity index (χ2v) is 8.67. The molecule has 3 rings (SSSR count). The molecule has 2 aromatic carbocycles. The van der Waals surface area contributed by atoms with E-state index in [1.54, 1.807) is 0 Å². The van der Waals surface area contributed by atoms with Gasteiger partial charge < -0.3 is 9.88 Å². The lowest BCUT2D eigenvalue weighted by Crippen LogP contribution is -2.16. The number of aryl methyl sites for hydroxylation is 1. The number of benzene rings is 2. The van der Waals surface area contributed by atoms with E-state index in [4.69, 9.17) is 0 Å². The average molecular weight is 408 g/mol. The molecule has 0 spiro atoms. The summed E-state index contributed by atoms with van der Waals surface area (Å²) in [5, 5.41) is 4.00. The molecular weight excluding hydrogens is 378 g/mol. The highest BCUT2D eigenvalue weighted by molar-refractivity contribution is 7.99. The number of carbonyl (C=O) groups excluding carboxylic acids is 1. The van der Waals surface area contributed by atoms with E-state index < -0.39 is 0 Å². The number of rotatable bonds is 8. The molecule has 0 fully saturated rings. The second-order valence-electron chi connectivity index (χ2n) is 7.73. The zero-order chi connectivity index (χ0) is 20.8. The number of para-hydroxylation sites is 1. The highest BCUT2D eigenvalue weighted by atomic mass is 32.2. The molecule has 5 heteroatoms. The van der Waals surface area contributed by atoms with Gasteiger partial charge in [-0.05, 0) is 43.4 Å². The van der Waals surface area contributed by atoms with Crippen LogP contribution >= 0.6 is 11.8 Å². The Kier molecular flexibility index (Phi) is 7.15. The van der Waals surface area contributed by atoms with Crippen molar-refractivity contribution in [2.75, 3.05) is 11.1 Å². The fourth-order valence-corrected chi connectivity index (χ4v) is 4.14. The molecular formula is C24H29N3OS. The number of aromatic nitrogens is 2. The highest BCUT2D eigenvalue weighted by Crippen LogP contribution is 2.24. The number of nitrogens with zero attached hydrogens (tertiary/aromatic N) is 2. The number of thioether (sulfide) groups is 1. The number of imidazole rings is 1. The van der Waals surface area contributed by atoms with Gasteiger partial charge in [0.1, 0.15) is 0 Å². The van der Waals surface area contributed by atoms with Crippen LogP contribution in [-0.2, 0) is 17.8 Å². The van der Waals surface area contributed by atoms with Crippen molar-refractivity contribution in [1.82, 2.24) is 9.55 Å². The van der Waals surface area contributed by atoms with Gasteiger partial charge in [0.05, 0.1) is 11.4 Å². The number of anilines is 1. The summed E-state index contributed by atoms with van der Waals surface area (Å²) in [5.74, 6) is 0.860. The monoisotopic (exact) mass is 407 g/mol. The molecule has 0 bridgehead atoms. The molecule has 152 valence electrons. The fourth-order valence-electron chi connectivity index (χ4n) is 3.24. The van der Waals surface area contributed by atoms with E-state index in [9.17, 15) is 4.79 Å². The lowest BCUT2D eigenvalue weighted by atomic mass is 10.0. The molecule has 4 nitrogen and oxygen atoms in total. The van der Waals surface area contributed by atoms with Crippen LogP contribution in [0.4, 0.5) is 5.69 Å². The van der Waals surface area contributed by atoms with Gasteiger partial charge in [0, 0.05) is 17.9 Å². The lowest BCUT2D eigenvalue weighted by Gasteiger charge is -2.13. The summed E-state index contributed by atoms with van der Waals surface area (Å²) in [6.45, 7) is 9.42. The van der Waals surface area contributed by atoms with E-state index in [-0.39, 0.29) is 5.91 Å². The number of hydrogen-bond donors (Lipinski definition) is 1. The molecule has 1 heterocycles. The largest absolute Gasteiger partial charge is 0.325 e. The third-order valence-corrected chi connectivity index (χ3v) is 5.81. The van der Waals surface area contributed by atoms with E-state index in [0.29, 0.717) is 11.7 Å². The molecule has 0 atom stereocenters. The quantitative estimate of drug-likeness (QED) is 0.503. The molecule has 0 aliphatic carbocycles. The second kappa shape index (κ2) is 9.79. The number of carbonyl (C=O) groups is 1. The van der Waals surface area contributed by atoms with Crippen molar-refractivity contribution in [3.8, 4) is 0 Å². The Morgan fingerprint density at radius 1 is 1.07 bits per heavy atom. The molecule has 0 radical (unpaired) electrons. The third-order valence-electron chi connectivity index (χ3n) is 4.83. The minimum absolute atomic E-state index is 0.00934. The van der Waals surface area contributed by atoms with Gasteiger partial charge >= 0.3 is 0 Å². The first-order valence-electron chi connectivity index (χ1n) is 10.0. The summed E-state index contributed by atoms with van der Waals surface area (Å²) < 4.78 is 2.22. The van der Waals surface area contributed by atoms with Gasteiger partial charge in [-0.25, -0.2) is 4.98 Å². The summed E-state index contributed by atoms with van der Waals surface area (Å²) in [5.41, 5.74) is 5.42. The van der Waals surface area contributed by atoms with Crippen LogP contribution in [0.25, 0.3) is 0 Å². The maximum atomic E-state index is 12.6.